The Morgan fingerprint density at radius 3 is 2.69 bits per heavy atom. The van der Waals surface area contributed by atoms with E-state index in [-0.39, 0.29) is 5.56 Å². The van der Waals surface area contributed by atoms with Gasteiger partial charge in [0.05, 0.1) is 24.5 Å². The number of hydrogen-bond donors (Lipinski definition) is 2. The van der Waals surface area contributed by atoms with Crippen LogP contribution in [0.5, 0.6) is 0 Å². The van der Waals surface area contributed by atoms with Gasteiger partial charge in [-0.2, -0.15) is 14.6 Å². The summed E-state index contributed by atoms with van der Waals surface area (Å²) >= 11 is 0. The quantitative estimate of drug-likeness (QED) is 0.335. The zero-order valence-electron chi connectivity index (χ0n) is 21.9. The number of hydrogen-bond acceptors (Lipinski definition) is 6. The summed E-state index contributed by atoms with van der Waals surface area (Å²) in [5.74, 6) is -2.14. The van der Waals surface area contributed by atoms with Crippen molar-refractivity contribution in [2.75, 3.05) is 38.7 Å². The van der Waals surface area contributed by atoms with Crippen molar-refractivity contribution < 1.29 is 18.3 Å². The Bertz CT molecular complexity index is 1460. The number of carbonyl (C=O) groups is 1. The summed E-state index contributed by atoms with van der Waals surface area (Å²) in [5.41, 5.74) is 3.20. The molecule has 12 heteroatoms. The number of urea groups is 1. The number of aromatic nitrogens is 5. The van der Waals surface area contributed by atoms with E-state index in [4.69, 9.17) is 9.84 Å². The zero-order chi connectivity index (χ0) is 27.5. The number of nitrogens with one attached hydrogen (secondary N) is 2. The number of amides is 2. The molecule has 0 saturated carbocycles. The fraction of sp³-hybridized carbons (Fsp3) is 0.333. The third kappa shape index (κ3) is 5.52. The van der Waals surface area contributed by atoms with Crippen LogP contribution < -0.4 is 10.6 Å². The smallest absolute Gasteiger partial charge is 0.320 e. The molecule has 0 spiro atoms. The van der Waals surface area contributed by atoms with Crippen molar-refractivity contribution in [1.29, 1.82) is 0 Å². The Morgan fingerprint density at radius 2 is 1.97 bits per heavy atom. The summed E-state index contributed by atoms with van der Waals surface area (Å²) in [6.45, 7) is 3.83. The summed E-state index contributed by atoms with van der Waals surface area (Å²) in [6, 6.07) is 9.97. The third-order valence-corrected chi connectivity index (χ3v) is 6.93. The van der Waals surface area contributed by atoms with Gasteiger partial charge in [-0.1, -0.05) is 18.2 Å². The van der Waals surface area contributed by atoms with Crippen LogP contribution in [0.4, 0.5) is 19.4 Å². The number of carbonyl (C=O) groups excluding carboxylic acids is 1. The van der Waals surface area contributed by atoms with Crippen LogP contribution in [0.2, 0.25) is 0 Å². The fourth-order valence-electron chi connectivity index (χ4n) is 5.00. The minimum Gasteiger partial charge on any atom is -0.383 e. The van der Waals surface area contributed by atoms with Gasteiger partial charge in [0.2, 0.25) is 5.95 Å². The highest BCUT2D eigenvalue weighted by Crippen LogP contribution is 2.32. The van der Waals surface area contributed by atoms with E-state index in [1.807, 2.05) is 50.5 Å². The third-order valence-electron chi connectivity index (χ3n) is 6.93. The number of likely N-dealkylation sites (tertiary alicyclic amines) is 1. The minimum atomic E-state index is -1.16. The van der Waals surface area contributed by atoms with Crippen molar-refractivity contribution in [3.05, 3.63) is 77.9 Å². The molecule has 1 saturated heterocycles. The number of aryl methyl sites for hydroxylation is 1. The van der Waals surface area contributed by atoms with Crippen LogP contribution in [0.3, 0.4) is 0 Å². The monoisotopic (exact) mass is 536 g/mol. The topological polar surface area (TPSA) is 102 Å². The predicted octanol–water partition coefficient (Wildman–Crippen LogP) is 3.49. The average molecular weight is 537 g/mol. The molecule has 10 nitrogen and oxygen atoms in total. The van der Waals surface area contributed by atoms with E-state index in [2.05, 4.69) is 25.6 Å². The first-order valence-corrected chi connectivity index (χ1v) is 12.6. The van der Waals surface area contributed by atoms with Gasteiger partial charge in [0, 0.05) is 68.8 Å². The Kier molecular flexibility index (Phi) is 7.66. The van der Waals surface area contributed by atoms with Gasteiger partial charge in [-0.05, 0) is 25.1 Å². The van der Waals surface area contributed by atoms with Crippen LogP contribution in [0.25, 0.3) is 16.9 Å². The van der Waals surface area contributed by atoms with Crippen molar-refractivity contribution >= 4 is 11.8 Å². The summed E-state index contributed by atoms with van der Waals surface area (Å²) in [7, 11) is 3.43. The molecule has 2 atom stereocenters. The molecule has 1 aliphatic heterocycles. The lowest BCUT2D eigenvalue weighted by atomic mass is 9.94. The minimum absolute atomic E-state index is 0.178. The van der Waals surface area contributed by atoms with Crippen LogP contribution in [0.1, 0.15) is 17.0 Å². The van der Waals surface area contributed by atoms with E-state index in [1.54, 1.807) is 22.7 Å². The molecule has 0 bridgehead atoms. The summed E-state index contributed by atoms with van der Waals surface area (Å²) in [4.78, 5) is 18.9. The lowest BCUT2D eigenvalue weighted by Gasteiger charge is -2.21. The number of pyridine rings is 1. The molecule has 0 radical (unpaired) electrons. The van der Waals surface area contributed by atoms with Crippen molar-refractivity contribution in [1.82, 2.24) is 34.8 Å². The second-order valence-corrected chi connectivity index (χ2v) is 9.54. The van der Waals surface area contributed by atoms with E-state index in [1.165, 1.54) is 12.3 Å². The molecule has 204 valence electrons. The maximum absolute atomic E-state index is 14.7. The molecule has 4 aromatic rings. The van der Waals surface area contributed by atoms with Crippen LogP contribution >= 0.6 is 0 Å². The standard InChI is InChI=1S/C27H30F2N8O2/c1-17-24(18-13-31-35(2)14-18)34-37(19-7-5-4-6-8-19)26(17)33-27(38)32-22-16-36(11-12-39-3)15-21(22)20-9-10-30-25(29)23(20)28/h4-10,13-14,21-22H,11-12,15-16H2,1-3H3,(H2,32,33,38)/t21-,22+/m0/s1. The molecule has 1 aliphatic rings. The molecule has 2 amide bonds. The van der Waals surface area contributed by atoms with Crippen molar-refractivity contribution in [3.8, 4) is 16.9 Å². The maximum atomic E-state index is 14.7. The molecule has 0 unspecified atom stereocenters. The fourth-order valence-corrected chi connectivity index (χ4v) is 5.00. The average Bonchev–Trinajstić information content (AvgIpc) is 3.62. The largest absolute Gasteiger partial charge is 0.383 e. The first-order valence-electron chi connectivity index (χ1n) is 12.6. The second kappa shape index (κ2) is 11.3. The Labute approximate surface area is 224 Å². The number of methoxy groups -OCH3 is 1. The van der Waals surface area contributed by atoms with Gasteiger partial charge >= 0.3 is 6.03 Å². The molecule has 1 aromatic carbocycles. The molecule has 3 aromatic heterocycles. The number of nitrogens with zero attached hydrogens (tertiary/aromatic N) is 6. The van der Waals surface area contributed by atoms with Crippen molar-refractivity contribution in [2.24, 2.45) is 7.05 Å². The molecule has 4 heterocycles. The molecular weight excluding hydrogens is 506 g/mol. The Hall–Kier alpha value is -4.16. The highest BCUT2D eigenvalue weighted by atomic mass is 19.2. The Balaban J connectivity index is 1.43. The second-order valence-electron chi connectivity index (χ2n) is 9.54. The highest BCUT2D eigenvalue weighted by Gasteiger charge is 2.37. The highest BCUT2D eigenvalue weighted by molar-refractivity contribution is 5.91. The SMILES string of the molecule is COCCN1C[C@@H](NC(=O)Nc2c(C)c(-c3cnn(C)c3)nn2-c2ccccc2)[C@H](c2ccnc(F)c2F)C1. The van der Waals surface area contributed by atoms with Gasteiger partial charge in [0.25, 0.3) is 0 Å². The summed E-state index contributed by atoms with van der Waals surface area (Å²) in [6.07, 6.45) is 4.81. The van der Waals surface area contributed by atoms with E-state index in [0.29, 0.717) is 37.8 Å². The molecule has 0 aliphatic carbocycles. The predicted molar refractivity (Wildman–Crippen MR) is 142 cm³/mol. The van der Waals surface area contributed by atoms with Crippen LogP contribution in [-0.4, -0.2) is 74.9 Å². The van der Waals surface area contributed by atoms with Crippen LogP contribution in [0.15, 0.2) is 55.0 Å². The van der Waals surface area contributed by atoms with Gasteiger partial charge < -0.3 is 10.1 Å². The van der Waals surface area contributed by atoms with Crippen LogP contribution in [0, 0.1) is 18.7 Å². The number of benzene rings is 1. The van der Waals surface area contributed by atoms with E-state index >= 15 is 0 Å². The number of para-hydroxylation sites is 1. The van der Waals surface area contributed by atoms with Crippen LogP contribution in [-0.2, 0) is 11.8 Å². The van der Waals surface area contributed by atoms with E-state index in [0.717, 1.165) is 16.8 Å². The van der Waals surface area contributed by atoms with Gasteiger partial charge in [-0.3, -0.25) is 14.9 Å². The molecule has 1 fully saturated rings. The lowest BCUT2D eigenvalue weighted by molar-refractivity contribution is 0.159. The molecule has 2 N–H and O–H groups in total. The normalized spacial score (nSPS) is 17.5. The van der Waals surface area contributed by atoms with Gasteiger partial charge in [-0.25, -0.2) is 18.9 Å². The van der Waals surface area contributed by atoms with Gasteiger partial charge in [-0.15, -0.1) is 0 Å². The summed E-state index contributed by atoms with van der Waals surface area (Å²) < 4.78 is 37.2. The van der Waals surface area contributed by atoms with E-state index in [9.17, 15) is 13.6 Å². The first-order chi connectivity index (χ1) is 18.9. The maximum Gasteiger partial charge on any atom is 0.320 e. The van der Waals surface area contributed by atoms with E-state index < -0.39 is 29.8 Å². The molecular formula is C27H30F2N8O2. The number of rotatable bonds is 8. The summed E-state index contributed by atoms with van der Waals surface area (Å²) in [5, 5.41) is 15.0. The Morgan fingerprint density at radius 1 is 1.18 bits per heavy atom. The first kappa shape index (κ1) is 26.4. The molecule has 39 heavy (non-hydrogen) atoms. The zero-order valence-corrected chi connectivity index (χ0v) is 21.9. The van der Waals surface area contributed by atoms with Crippen molar-refractivity contribution in [2.45, 2.75) is 18.9 Å². The van der Waals surface area contributed by atoms with Gasteiger partial charge in [0.15, 0.2) is 5.82 Å². The number of ether oxygens (including phenoxy) is 1. The molecule has 5 rings (SSSR count). The van der Waals surface area contributed by atoms with Crippen molar-refractivity contribution in [3.63, 3.8) is 0 Å². The number of anilines is 1. The lowest BCUT2D eigenvalue weighted by Crippen LogP contribution is -2.43. The van der Waals surface area contributed by atoms with Gasteiger partial charge in [0.1, 0.15) is 11.5 Å². The number of halogens is 2.